The van der Waals surface area contributed by atoms with Gasteiger partial charge in [0.15, 0.2) is 5.96 Å². The van der Waals surface area contributed by atoms with Gasteiger partial charge in [0.2, 0.25) is 10.0 Å². The lowest BCUT2D eigenvalue weighted by Gasteiger charge is -2.12. The highest BCUT2D eigenvalue weighted by Gasteiger charge is 2.12. The van der Waals surface area contributed by atoms with Gasteiger partial charge in [-0.1, -0.05) is 17.7 Å². The molecule has 0 radical (unpaired) electrons. The van der Waals surface area contributed by atoms with E-state index in [0.717, 1.165) is 17.7 Å². The molecule has 0 saturated heterocycles. The third-order valence-corrected chi connectivity index (χ3v) is 5.59. The van der Waals surface area contributed by atoms with Crippen LogP contribution in [0.4, 0.5) is 0 Å². The van der Waals surface area contributed by atoms with E-state index >= 15 is 0 Å². The van der Waals surface area contributed by atoms with Crippen molar-refractivity contribution in [2.45, 2.75) is 25.3 Å². The van der Waals surface area contributed by atoms with E-state index in [1.54, 1.807) is 35.6 Å². The molecule has 2 rings (SSSR count). The Balaban J connectivity index is 0.00000338. The maximum atomic E-state index is 12.2. The van der Waals surface area contributed by atoms with Crippen LogP contribution >= 0.6 is 35.3 Å². The molecule has 9 heteroatoms. The minimum Gasteiger partial charge on any atom is -0.357 e. The van der Waals surface area contributed by atoms with Crippen LogP contribution in [0.2, 0.25) is 0 Å². The van der Waals surface area contributed by atoms with Crippen molar-refractivity contribution in [1.29, 1.82) is 0 Å². The lowest BCUT2D eigenvalue weighted by atomic mass is 10.2. The number of aliphatic imine (C=N–C) groups is 1. The van der Waals surface area contributed by atoms with E-state index in [9.17, 15) is 8.42 Å². The first-order valence-corrected chi connectivity index (χ1v) is 10.5. The molecule has 1 aromatic heterocycles. The molecule has 1 aromatic carbocycles. The zero-order valence-corrected chi connectivity index (χ0v) is 18.8. The second kappa shape index (κ2) is 11.5. The van der Waals surface area contributed by atoms with E-state index < -0.39 is 10.0 Å². The van der Waals surface area contributed by atoms with E-state index in [1.807, 2.05) is 25.3 Å². The average Bonchev–Trinajstić information content (AvgIpc) is 3.10. The van der Waals surface area contributed by atoms with Gasteiger partial charge >= 0.3 is 0 Å². The molecule has 0 saturated carbocycles. The fraction of sp³-hybridized carbons (Fsp3) is 0.353. The van der Waals surface area contributed by atoms with Crippen molar-refractivity contribution >= 4 is 51.3 Å². The Hall–Kier alpha value is -1.17. The molecule has 0 aliphatic rings. The van der Waals surface area contributed by atoms with E-state index in [2.05, 4.69) is 25.7 Å². The Kier molecular flexibility index (Phi) is 10.1. The van der Waals surface area contributed by atoms with E-state index in [0.29, 0.717) is 19.0 Å². The minimum absolute atomic E-state index is 0. The van der Waals surface area contributed by atoms with Gasteiger partial charge in [-0.25, -0.2) is 18.1 Å². The largest absolute Gasteiger partial charge is 0.357 e. The van der Waals surface area contributed by atoms with Crippen molar-refractivity contribution in [1.82, 2.24) is 15.4 Å². The molecule has 2 aromatic rings. The third-order valence-electron chi connectivity index (χ3n) is 3.38. The fourth-order valence-corrected chi connectivity index (χ4v) is 3.75. The Morgan fingerprint density at radius 3 is 2.46 bits per heavy atom. The molecule has 0 amide bonds. The first kappa shape index (κ1) is 22.9. The topological polar surface area (TPSA) is 82.6 Å². The molecule has 144 valence electrons. The summed E-state index contributed by atoms with van der Waals surface area (Å²) in [4.78, 5) is 4.76. The second-order valence-corrected chi connectivity index (χ2v) is 8.01. The summed E-state index contributed by atoms with van der Waals surface area (Å²) in [5.41, 5.74) is 2.18. The van der Waals surface area contributed by atoms with Gasteiger partial charge in [-0.15, -0.1) is 24.0 Å². The standard InChI is InChI=1S/C17H24N4O2S2.HI/c1-3-18-17(20-12-15-8-11-24-13-15)19-9-10-21-25(22,23)16-6-4-14(2)5-7-16;/h4-8,11,13,21H,3,9-10,12H2,1-2H3,(H2,18,19,20);1H. The molecule has 0 atom stereocenters. The van der Waals surface area contributed by atoms with Gasteiger partial charge in [-0.05, 0) is 48.4 Å². The van der Waals surface area contributed by atoms with Gasteiger partial charge in [-0.3, -0.25) is 0 Å². The number of thiophene rings is 1. The van der Waals surface area contributed by atoms with Crippen LogP contribution in [0.15, 0.2) is 51.0 Å². The van der Waals surface area contributed by atoms with Crippen LogP contribution in [-0.4, -0.2) is 34.0 Å². The van der Waals surface area contributed by atoms with Crippen molar-refractivity contribution in [2.24, 2.45) is 4.99 Å². The number of guanidine groups is 1. The summed E-state index contributed by atoms with van der Waals surface area (Å²) in [7, 11) is -3.48. The van der Waals surface area contributed by atoms with E-state index in [-0.39, 0.29) is 35.4 Å². The summed E-state index contributed by atoms with van der Waals surface area (Å²) in [6.07, 6.45) is 0. The number of nitrogens with zero attached hydrogens (tertiary/aromatic N) is 1. The molecule has 0 fully saturated rings. The SMILES string of the molecule is CCNC(=NCc1ccsc1)NCCNS(=O)(=O)c1ccc(C)cc1.I. The van der Waals surface area contributed by atoms with Crippen molar-refractivity contribution in [2.75, 3.05) is 19.6 Å². The number of hydrogen-bond donors (Lipinski definition) is 3. The number of benzene rings is 1. The molecule has 26 heavy (non-hydrogen) atoms. The zero-order valence-electron chi connectivity index (χ0n) is 14.9. The second-order valence-electron chi connectivity index (χ2n) is 5.46. The lowest BCUT2D eigenvalue weighted by molar-refractivity contribution is 0.580. The predicted molar refractivity (Wildman–Crippen MR) is 119 cm³/mol. The maximum Gasteiger partial charge on any atom is 0.240 e. The number of rotatable bonds is 8. The van der Waals surface area contributed by atoms with Gasteiger partial charge in [-0.2, -0.15) is 11.3 Å². The average molecular weight is 508 g/mol. The number of halogens is 1. The predicted octanol–water partition coefficient (Wildman–Crippen LogP) is 2.71. The molecule has 0 aliphatic carbocycles. The van der Waals surface area contributed by atoms with E-state index in [4.69, 9.17) is 0 Å². The van der Waals surface area contributed by atoms with Crippen LogP contribution in [0, 0.1) is 6.92 Å². The molecule has 1 heterocycles. The normalized spacial score (nSPS) is 11.7. The van der Waals surface area contributed by atoms with Gasteiger partial charge in [0.05, 0.1) is 11.4 Å². The highest BCUT2D eigenvalue weighted by Crippen LogP contribution is 2.09. The monoisotopic (exact) mass is 508 g/mol. The van der Waals surface area contributed by atoms with Gasteiger partial charge in [0.25, 0.3) is 0 Å². The van der Waals surface area contributed by atoms with Crippen molar-refractivity contribution in [3.05, 3.63) is 52.2 Å². The molecular weight excluding hydrogens is 483 g/mol. The van der Waals surface area contributed by atoms with Crippen molar-refractivity contribution < 1.29 is 8.42 Å². The number of nitrogens with one attached hydrogen (secondary N) is 3. The van der Waals surface area contributed by atoms with Crippen LogP contribution in [0.25, 0.3) is 0 Å². The Labute approximate surface area is 176 Å². The van der Waals surface area contributed by atoms with Crippen molar-refractivity contribution in [3.8, 4) is 0 Å². The number of aryl methyl sites for hydroxylation is 1. The summed E-state index contributed by atoms with van der Waals surface area (Å²) < 4.78 is 27.0. The van der Waals surface area contributed by atoms with Crippen LogP contribution in [-0.2, 0) is 16.6 Å². The first-order chi connectivity index (χ1) is 12.0. The molecule has 0 spiro atoms. The molecule has 3 N–H and O–H groups in total. The highest BCUT2D eigenvalue weighted by molar-refractivity contribution is 14.0. The first-order valence-electron chi connectivity index (χ1n) is 8.11. The van der Waals surface area contributed by atoms with Crippen LogP contribution < -0.4 is 15.4 Å². The van der Waals surface area contributed by atoms with Crippen LogP contribution in [0.5, 0.6) is 0 Å². The van der Waals surface area contributed by atoms with Gasteiger partial charge in [0.1, 0.15) is 0 Å². The molecule has 6 nitrogen and oxygen atoms in total. The Morgan fingerprint density at radius 1 is 1.12 bits per heavy atom. The zero-order chi connectivity index (χ0) is 18.1. The third kappa shape index (κ3) is 7.60. The van der Waals surface area contributed by atoms with Crippen LogP contribution in [0.1, 0.15) is 18.1 Å². The number of hydrogen-bond acceptors (Lipinski definition) is 4. The molecule has 0 aliphatic heterocycles. The summed E-state index contributed by atoms with van der Waals surface area (Å²) in [5, 5.41) is 10.4. The quantitative estimate of drug-likeness (QED) is 0.222. The van der Waals surface area contributed by atoms with Crippen molar-refractivity contribution in [3.63, 3.8) is 0 Å². The minimum atomic E-state index is -3.48. The lowest BCUT2D eigenvalue weighted by Crippen LogP contribution is -2.41. The number of sulfonamides is 1. The molecular formula is C17H25IN4O2S2. The van der Waals surface area contributed by atoms with Gasteiger partial charge < -0.3 is 10.6 Å². The molecule has 0 bridgehead atoms. The summed E-state index contributed by atoms with van der Waals surface area (Å²) in [6, 6.07) is 8.82. The van der Waals surface area contributed by atoms with Gasteiger partial charge in [0, 0.05) is 19.6 Å². The molecule has 0 unspecified atom stereocenters. The summed E-state index contributed by atoms with van der Waals surface area (Å²) >= 11 is 1.64. The smallest absolute Gasteiger partial charge is 0.240 e. The maximum absolute atomic E-state index is 12.2. The Bertz CT molecular complexity index is 776. The van der Waals surface area contributed by atoms with E-state index in [1.165, 1.54) is 0 Å². The highest BCUT2D eigenvalue weighted by atomic mass is 127. The fourth-order valence-electron chi connectivity index (χ4n) is 2.06. The summed E-state index contributed by atoms with van der Waals surface area (Å²) in [5.74, 6) is 0.670. The summed E-state index contributed by atoms with van der Waals surface area (Å²) in [6.45, 7) is 5.96. The van der Waals surface area contributed by atoms with Crippen LogP contribution in [0.3, 0.4) is 0 Å². The Morgan fingerprint density at radius 2 is 1.85 bits per heavy atom.